The van der Waals surface area contributed by atoms with Crippen LogP contribution in [0, 0.1) is 3.57 Å². The number of amides is 1. The summed E-state index contributed by atoms with van der Waals surface area (Å²) in [4.78, 5) is 15.2. The van der Waals surface area contributed by atoms with Crippen LogP contribution in [0.4, 0.5) is 5.69 Å². The van der Waals surface area contributed by atoms with Crippen LogP contribution >= 0.6 is 58.2 Å². The number of hydrogen-bond donors (Lipinski definition) is 0. The molecular weight excluding hydrogens is 621 g/mol. The first-order valence-electron chi connectivity index (χ1n) is 10.4. The van der Waals surface area contributed by atoms with Gasteiger partial charge < -0.3 is 18.9 Å². The van der Waals surface area contributed by atoms with Gasteiger partial charge in [-0.05, 0) is 64.6 Å². The molecule has 1 amide bonds. The molecule has 0 atom stereocenters. The lowest BCUT2D eigenvalue weighted by atomic mass is 10.1. The summed E-state index contributed by atoms with van der Waals surface area (Å²) in [7, 11) is 1.58. The van der Waals surface area contributed by atoms with Crippen LogP contribution in [0.25, 0.3) is 6.08 Å². The highest BCUT2D eigenvalue weighted by Crippen LogP contribution is 2.42. The number of nitrogens with zero attached hydrogens (tertiary/aromatic N) is 1. The number of fused-ring (bicyclic) bond motifs is 1. The fraction of sp³-hybridized carbons (Fsp3) is 0.120. The van der Waals surface area contributed by atoms with E-state index in [-0.39, 0.29) is 12.7 Å². The Balaban J connectivity index is 1.39. The maximum atomic E-state index is 13.2. The molecule has 2 aliphatic heterocycles. The van der Waals surface area contributed by atoms with E-state index in [0.717, 1.165) is 14.7 Å². The Morgan fingerprint density at radius 2 is 1.97 bits per heavy atom. The number of hydrogen-bond acceptors (Lipinski definition) is 7. The van der Waals surface area contributed by atoms with Crippen LogP contribution in [0.15, 0.2) is 59.5 Å². The van der Waals surface area contributed by atoms with Crippen LogP contribution in [0.1, 0.15) is 11.1 Å². The van der Waals surface area contributed by atoms with Crippen LogP contribution in [0.3, 0.4) is 0 Å². The molecule has 0 N–H and O–H groups in total. The molecule has 0 radical (unpaired) electrons. The maximum Gasteiger partial charge on any atom is 0.270 e. The number of carbonyl (C=O) groups is 1. The van der Waals surface area contributed by atoms with Gasteiger partial charge in [-0.1, -0.05) is 53.8 Å². The van der Waals surface area contributed by atoms with E-state index in [1.165, 1.54) is 16.7 Å². The maximum absolute atomic E-state index is 13.2. The first-order valence-corrected chi connectivity index (χ1v) is 13.0. The minimum atomic E-state index is -0.202. The van der Waals surface area contributed by atoms with Gasteiger partial charge in [-0.25, -0.2) is 0 Å². The van der Waals surface area contributed by atoms with Crippen LogP contribution in [-0.2, 0) is 11.4 Å². The average molecular weight is 638 g/mol. The molecule has 1 fully saturated rings. The molecule has 0 aliphatic carbocycles. The van der Waals surface area contributed by atoms with Gasteiger partial charge in [-0.15, -0.1) is 0 Å². The van der Waals surface area contributed by atoms with Crippen molar-refractivity contribution >= 4 is 80.2 Å². The number of halogens is 2. The smallest absolute Gasteiger partial charge is 0.270 e. The van der Waals surface area contributed by atoms with E-state index in [9.17, 15) is 4.79 Å². The van der Waals surface area contributed by atoms with E-state index in [0.29, 0.717) is 49.5 Å². The standard InChI is InChI=1S/C25H17ClINO5S2/c1-30-21-9-14(8-18(27)23(21)31-12-15-4-2-3-5-17(15)26)10-22-24(29)28(25(34)35-22)16-6-7-19-20(11-16)33-13-32-19/h2-11H,12-13H2,1H3/b22-10+. The minimum absolute atomic E-state index is 0.162. The Bertz CT molecular complexity index is 1380. The molecule has 0 aromatic heterocycles. The van der Waals surface area contributed by atoms with Crippen molar-refractivity contribution in [3.8, 4) is 23.0 Å². The van der Waals surface area contributed by atoms with Crippen LogP contribution in [0.5, 0.6) is 23.0 Å². The molecule has 0 spiro atoms. The predicted molar refractivity (Wildman–Crippen MR) is 150 cm³/mol. The summed E-state index contributed by atoms with van der Waals surface area (Å²) in [6.45, 7) is 0.467. The third-order valence-corrected chi connectivity index (χ3v) is 7.76. The zero-order chi connectivity index (χ0) is 24.5. The van der Waals surface area contributed by atoms with Gasteiger partial charge in [0.2, 0.25) is 6.79 Å². The summed E-state index contributed by atoms with van der Waals surface area (Å²) >= 11 is 15.2. The number of benzene rings is 3. The number of rotatable bonds is 6. The second-order valence-corrected chi connectivity index (χ2v) is 10.7. The van der Waals surface area contributed by atoms with Crippen molar-refractivity contribution in [2.75, 3.05) is 18.8 Å². The molecule has 35 heavy (non-hydrogen) atoms. The third-order valence-electron chi connectivity index (χ3n) is 5.29. The molecule has 3 aromatic carbocycles. The van der Waals surface area contributed by atoms with Crippen LogP contribution in [-0.4, -0.2) is 24.1 Å². The molecule has 2 heterocycles. The normalized spacial score (nSPS) is 15.7. The Labute approximate surface area is 230 Å². The summed E-state index contributed by atoms with van der Waals surface area (Å²) in [6.07, 6.45) is 1.80. The lowest BCUT2D eigenvalue weighted by molar-refractivity contribution is -0.113. The number of thioether (sulfide) groups is 1. The molecule has 2 aliphatic rings. The van der Waals surface area contributed by atoms with Crippen molar-refractivity contribution in [3.05, 3.63) is 79.2 Å². The quantitative estimate of drug-likeness (QED) is 0.170. The highest BCUT2D eigenvalue weighted by molar-refractivity contribution is 14.1. The molecular formula is C25H17ClINO5S2. The third kappa shape index (κ3) is 4.95. The second kappa shape index (κ2) is 10.3. The lowest BCUT2D eigenvalue weighted by Crippen LogP contribution is -2.27. The molecule has 0 saturated carbocycles. The van der Waals surface area contributed by atoms with Crippen molar-refractivity contribution in [1.82, 2.24) is 0 Å². The van der Waals surface area contributed by atoms with E-state index in [1.54, 1.807) is 31.4 Å². The topological polar surface area (TPSA) is 57.2 Å². The molecule has 6 nitrogen and oxygen atoms in total. The number of carbonyl (C=O) groups excluding carboxylic acids is 1. The first kappa shape index (κ1) is 24.2. The van der Waals surface area contributed by atoms with Gasteiger partial charge in [0.05, 0.1) is 21.3 Å². The molecule has 178 valence electrons. The average Bonchev–Trinajstić information content (AvgIpc) is 3.42. The number of methoxy groups -OCH3 is 1. The molecule has 0 bridgehead atoms. The van der Waals surface area contributed by atoms with E-state index >= 15 is 0 Å². The van der Waals surface area contributed by atoms with Crippen molar-refractivity contribution in [2.24, 2.45) is 0 Å². The summed E-state index contributed by atoms with van der Waals surface area (Å²) in [5.74, 6) is 2.20. The summed E-state index contributed by atoms with van der Waals surface area (Å²) < 4.78 is 23.7. The van der Waals surface area contributed by atoms with Crippen molar-refractivity contribution in [3.63, 3.8) is 0 Å². The van der Waals surface area contributed by atoms with E-state index in [1.807, 2.05) is 36.4 Å². The van der Waals surface area contributed by atoms with Gasteiger partial charge in [-0.2, -0.15) is 0 Å². The molecule has 0 unspecified atom stereocenters. The fourth-order valence-electron chi connectivity index (χ4n) is 3.59. The summed E-state index contributed by atoms with van der Waals surface area (Å²) in [5, 5.41) is 0.641. The number of ether oxygens (including phenoxy) is 4. The Morgan fingerprint density at radius 3 is 2.77 bits per heavy atom. The highest BCUT2D eigenvalue weighted by Gasteiger charge is 2.34. The van der Waals surface area contributed by atoms with Gasteiger partial charge in [0.15, 0.2) is 27.3 Å². The van der Waals surface area contributed by atoms with Crippen molar-refractivity contribution < 1.29 is 23.7 Å². The Morgan fingerprint density at radius 1 is 1.17 bits per heavy atom. The summed E-state index contributed by atoms with van der Waals surface area (Å²) in [5.41, 5.74) is 2.31. The predicted octanol–water partition coefficient (Wildman–Crippen LogP) is 6.67. The number of anilines is 1. The molecule has 1 saturated heterocycles. The Hall–Kier alpha value is -2.47. The number of thiocarbonyl (C=S) groups is 1. The Kier molecular flexibility index (Phi) is 7.10. The molecule has 10 heteroatoms. The van der Waals surface area contributed by atoms with E-state index < -0.39 is 0 Å². The molecule has 5 rings (SSSR count). The second-order valence-electron chi connectivity index (χ2n) is 7.47. The minimum Gasteiger partial charge on any atom is -0.493 e. The van der Waals surface area contributed by atoms with E-state index in [4.69, 9.17) is 42.8 Å². The van der Waals surface area contributed by atoms with Gasteiger partial charge in [0.25, 0.3) is 5.91 Å². The zero-order valence-electron chi connectivity index (χ0n) is 18.2. The lowest BCUT2D eigenvalue weighted by Gasteiger charge is -2.15. The van der Waals surface area contributed by atoms with Crippen molar-refractivity contribution in [2.45, 2.75) is 6.61 Å². The largest absolute Gasteiger partial charge is 0.493 e. The van der Waals surface area contributed by atoms with Gasteiger partial charge in [0.1, 0.15) is 6.61 Å². The monoisotopic (exact) mass is 637 g/mol. The van der Waals surface area contributed by atoms with Crippen LogP contribution in [0.2, 0.25) is 5.02 Å². The van der Waals surface area contributed by atoms with E-state index in [2.05, 4.69) is 22.6 Å². The zero-order valence-corrected chi connectivity index (χ0v) is 22.8. The first-order chi connectivity index (χ1) is 16.9. The highest BCUT2D eigenvalue weighted by atomic mass is 127. The van der Waals surface area contributed by atoms with Crippen LogP contribution < -0.4 is 23.8 Å². The fourth-order valence-corrected chi connectivity index (χ4v) is 5.86. The SMILES string of the molecule is COc1cc(/C=C2/SC(=S)N(c3ccc4c(c3)OCO4)C2=O)cc(I)c1OCc1ccccc1Cl. The van der Waals surface area contributed by atoms with Crippen molar-refractivity contribution in [1.29, 1.82) is 0 Å². The molecule has 3 aromatic rings. The summed E-state index contributed by atoms with van der Waals surface area (Å²) in [6, 6.07) is 16.6. The van der Waals surface area contributed by atoms with Gasteiger partial charge in [-0.3, -0.25) is 9.69 Å². The van der Waals surface area contributed by atoms with Gasteiger partial charge in [0, 0.05) is 16.7 Å². The van der Waals surface area contributed by atoms with Gasteiger partial charge >= 0.3 is 0 Å².